The summed E-state index contributed by atoms with van der Waals surface area (Å²) in [5.41, 5.74) is 2.36. The Morgan fingerprint density at radius 3 is 2.91 bits per heavy atom. The van der Waals surface area contributed by atoms with E-state index in [1.165, 1.54) is 6.07 Å². The van der Waals surface area contributed by atoms with Crippen molar-refractivity contribution in [2.75, 3.05) is 13.2 Å². The fourth-order valence-corrected chi connectivity index (χ4v) is 6.31. The number of esters is 1. The Balaban J connectivity index is 1.54. The van der Waals surface area contributed by atoms with E-state index < -0.39 is 17.7 Å². The van der Waals surface area contributed by atoms with Crippen LogP contribution in [-0.4, -0.2) is 31.1 Å². The molecule has 0 saturated carbocycles. The third-order valence-corrected chi connectivity index (χ3v) is 8.21. The molecule has 0 spiro atoms. The van der Waals surface area contributed by atoms with Gasteiger partial charge < -0.3 is 14.8 Å². The molecule has 0 unspecified atom stereocenters. The van der Waals surface area contributed by atoms with Crippen LogP contribution in [0.5, 0.6) is 0 Å². The molecule has 3 heterocycles. The summed E-state index contributed by atoms with van der Waals surface area (Å²) in [6, 6.07) is 8.63. The van der Waals surface area contributed by atoms with Gasteiger partial charge in [0, 0.05) is 50.8 Å². The van der Waals surface area contributed by atoms with Crippen LogP contribution in [0.4, 0.5) is 4.39 Å². The topological polar surface area (TPSA) is 64.6 Å². The number of ether oxygens (including phenoxy) is 2. The maximum absolute atomic E-state index is 15.2. The SMILES string of the molecule is CC1=C(C(=O)OC[C@@H]2CCCO2)[C@@H](c2cc(Br)ccc2F)C2=C(C[C@@H](c3cccs3)CC2=O)N1. The number of hydrogen-bond acceptors (Lipinski definition) is 6. The van der Waals surface area contributed by atoms with Crippen molar-refractivity contribution in [1.82, 2.24) is 5.32 Å². The van der Waals surface area contributed by atoms with Gasteiger partial charge in [-0.2, -0.15) is 0 Å². The normalized spacial score (nSPS) is 24.8. The predicted octanol–water partition coefficient (Wildman–Crippen LogP) is 5.73. The molecule has 1 saturated heterocycles. The second-order valence-electron chi connectivity index (χ2n) is 8.93. The summed E-state index contributed by atoms with van der Waals surface area (Å²) in [5.74, 6) is -1.86. The van der Waals surface area contributed by atoms with Crippen LogP contribution in [0.1, 0.15) is 54.9 Å². The highest BCUT2D eigenvalue weighted by atomic mass is 79.9. The Kier molecular flexibility index (Phi) is 6.73. The van der Waals surface area contributed by atoms with E-state index in [1.807, 2.05) is 17.5 Å². The fourth-order valence-electron chi connectivity index (χ4n) is 5.10. The molecule has 0 bridgehead atoms. The lowest BCUT2D eigenvalue weighted by Crippen LogP contribution is -2.36. The number of thiophene rings is 1. The summed E-state index contributed by atoms with van der Waals surface area (Å²) in [5, 5.41) is 5.32. The number of benzene rings is 1. The van der Waals surface area contributed by atoms with Gasteiger partial charge >= 0.3 is 5.97 Å². The first-order chi connectivity index (χ1) is 16.4. The quantitative estimate of drug-likeness (QED) is 0.486. The molecule has 5 rings (SSSR count). The zero-order chi connectivity index (χ0) is 23.8. The lowest BCUT2D eigenvalue weighted by atomic mass is 9.72. The molecule has 3 aliphatic rings. The van der Waals surface area contributed by atoms with Crippen molar-refractivity contribution in [1.29, 1.82) is 0 Å². The van der Waals surface area contributed by atoms with Crippen molar-refractivity contribution in [3.05, 3.63) is 79.0 Å². The highest BCUT2D eigenvalue weighted by Crippen LogP contribution is 2.47. The van der Waals surface area contributed by atoms with Gasteiger partial charge in [-0.25, -0.2) is 9.18 Å². The molecule has 1 fully saturated rings. The van der Waals surface area contributed by atoms with Crippen LogP contribution in [0, 0.1) is 5.82 Å². The minimum atomic E-state index is -0.831. The van der Waals surface area contributed by atoms with Crippen LogP contribution in [0.2, 0.25) is 0 Å². The van der Waals surface area contributed by atoms with Crippen LogP contribution < -0.4 is 5.32 Å². The van der Waals surface area contributed by atoms with Gasteiger partial charge in [-0.3, -0.25) is 4.79 Å². The largest absolute Gasteiger partial charge is 0.459 e. The average molecular weight is 546 g/mol. The lowest BCUT2D eigenvalue weighted by Gasteiger charge is -2.36. The van der Waals surface area contributed by atoms with Crippen LogP contribution >= 0.6 is 27.3 Å². The second kappa shape index (κ2) is 9.76. The monoisotopic (exact) mass is 545 g/mol. The van der Waals surface area contributed by atoms with Crippen LogP contribution in [0.15, 0.2) is 62.7 Å². The second-order valence-corrected chi connectivity index (χ2v) is 10.8. The summed E-state index contributed by atoms with van der Waals surface area (Å²) in [6.07, 6.45) is 2.60. The Labute approximate surface area is 210 Å². The van der Waals surface area contributed by atoms with Gasteiger partial charge in [0.2, 0.25) is 0 Å². The number of rotatable bonds is 5. The van der Waals surface area contributed by atoms with Crippen molar-refractivity contribution < 1.29 is 23.5 Å². The number of nitrogens with one attached hydrogen (secondary N) is 1. The van der Waals surface area contributed by atoms with Crippen molar-refractivity contribution >= 4 is 39.0 Å². The lowest BCUT2D eigenvalue weighted by molar-refractivity contribution is -0.142. The first-order valence-electron chi connectivity index (χ1n) is 11.4. The molecule has 1 N–H and O–H groups in total. The number of carbonyl (C=O) groups excluding carboxylic acids is 2. The molecule has 0 amide bonds. The molecular formula is C26H25BrFNO4S. The predicted molar refractivity (Wildman–Crippen MR) is 131 cm³/mol. The minimum absolute atomic E-state index is 0.0626. The van der Waals surface area contributed by atoms with E-state index in [-0.39, 0.29) is 35.5 Å². The fraction of sp³-hybridized carbons (Fsp3) is 0.385. The molecule has 1 aromatic heterocycles. The van der Waals surface area contributed by atoms with Crippen molar-refractivity contribution in [2.45, 2.75) is 50.5 Å². The summed E-state index contributed by atoms with van der Waals surface area (Å²) >= 11 is 5.05. The highest BCUT2D eigenvalue weighted by Gasteiger charge is 2.42. The van der Waals surface area contributed by atoms with Crippen LogP contribution in [-0.2, 0) is 19.1 Å². The number of hydrogen-bond donors (Lipinski definition) is 1. The molecule has 2 aromatic rings. The molecule has 1 aromatic carbocycles. The van der Waals surface area contributed by atoms with Crippen LogP contribution in [0.25, 0.3) is 0 Å². The first kappa shape index (κ1) is 23.5. The van der Waals surface area contributed by atoms with E-state index in [9.17, 15) is 9.59 Å². The van der Waals surface area contributed by atoms with E-state index >= 15 is 4.39 Å². The summed E-state index contributed by atoms with van der Waals surface area (Å²) in [6.45, 7) is 2.59. The van der Waals surface area contributed by atoms with Gasteiger partial charge in [0.05, 0.1) is 17.6 Å². The molecular weight excluding hydrogens is 521 g/mol. The average Bonchev–Trinajstić information content (AvgIpc) is 3.52. The zero-order valence-corrected chi connectivity index (χ0v) is 21.1. The molecule has 2 aliphatic heterocycles. The first-order valence-corrected chi connectivity index (χ1v) is 13.1. The molecule has 3 atom stereocenters. The van der Waals surface area contributed by atoms with Gasteiger partial charge in [-0.15, -0.1) is 11.3 Å². The van der Waals surface area contributed by atoms with Gasteiger partial charge in [-0.05, 0) is 55.8 Å². The summed E-state index contributed by atoms with van der Waals surface area (Å²) < 4.78 is 27.0. The summed E-state index contributed by atoms with van der Waals surface area (Å²) in [7, 11) is 0. The van der Waals surface area contributed by atoms with E-state index in [2.05, 4.69) is 21.2 Å². The Morgan fingerprint density at radius 1 is 1.32 bits per heavy atom. The van der Waals surface area contributed by atoms with E-state index in [0.29, 0.717) is 35.2 Å². The van der Waals surface area contributed by atoms with Crippen molar-refractivity contribution in [3.8, 4) is 0 Å². The molecule has 34 heavy (non-hydrogen) atoms. The van der Waals surface area contributed by atoms with E-state index in [1.54, 1.807) is 30.4 Å². The standard InChI is InChI=1S/C26H25BrFNO4S/c1-14-23(26(31)33-13-17-4-2-8-32-17)24(18-12-16(27)6-7-19(18)28)25-20(29-14)10-15(11-21(25)30)22-5-3-9-34-22/h3,5-7,9,12,15,17,24,29H,2,4,8,10-11,13H2,1H3/t15-,17+,24-/m1/s1. The maximum Gasteiger partial charge on any atom is 0.336 e. The van der Waals surface area contributed by atoms with Gasteiger partial charge in [0.25, 0.3) is 0 Å². The molecule has 1 aliphatic carbocycles. The number of halogens is 2. The summed E-state index contributed by atoms with van der Waals surface area (Å²) in [4.78, 5) is 28.0. The van der Waals surface area contributed by atoms with Gasteiger partial charge in [0.1, 0.15) is 12.4 Å². The number of carbonyl (C=O) groups is 2. The molecule has 8 heteroatoms. The molecule has 178 valence electrons. The Hall–Kier alpha value is -2.29. The number of Topliss-reactive ketones (excluding diaryl/α,β-unsaturated/α-hetero) is 1. The van der Waals surface area contributed by atoms with Gasteiger partial charge in [-0.1, -0.05) is 22.0 Å². The van der Waals surface area contributed by atoms with Crippen LogP contribution in [0.3, 0.4) is 0 Å². The van der Waals surface area contributed by atoms with E-state index in [0.717, 1.165) is 23.4 Å². The Morgan fingerprint density at radius 2 is 2.18 bits per heavy atom. The van der Waals surface area contributed by atoms with Crippen molar-refractivity contribution in [3.63, 3.8) is 0 Å². The third-order valence-electron chi connectivity index (χ3n) is 6.69. The maximum atomic E-state index is 15.2. The molecule has 5 nitrogen and oxygen atoms in total. The third kappa shape index (κ3) is 4.51. The Bertz CT molecular complexity index is 1180. The minimum Gasteiger partial charge on any atom is -0.459 e. The highest BCUT2D eigenvalue weighted by molar-refractivity contribution is 9.10. The van der Waals surface area contributed by atoms with Gasteiger partial charge in [0.15, 0.2) is 5.78 Å². The number of ketones is 1. The van der Waals surface area contributed by atoms with Crippen molar-refractivity contribution in [2.24, 2.45) is 0 Å². The number of allylic oxidation sites excluding steroid dienone is 3. The molecule has 0 radical (unpaired) electrons. The zero-order valence-electron chi connectivity index (χ0n) is 18.7. The number of dihydropyridines is 1. The van der Waals surface area contributed by atoms with E-state index in [4.69, 9.17) is 9.47 Å². The smallest absolute Gasteiger partial charge is 0.336 e.